The largest absolute Gasteiger partial charge is 0.508 e. The second-order valence-corrected chi connectivity index (χ2v) is 4.58. The number of rotatable bonds is 3. The Morgan fingerprint density at radius 2 is 1.93 bits per heavy atom. The van der Waals surface area contributed by atoms with Gasteiger partial charge in [0.1, 0.15) is 5.75 Å². The molecule has 1 rings (SSSR count). The molecule has 82 valence electrons. The average Bonchev–Trinajstić information content (AvgIpc) is 2.18. The fourth-order valence-corrected chi connectivity index (χ4v) is 1.17. The molecule has 0 aromatic heterocycles. The molecule has 0 bridgehead atoms. The summed E-state index contributed by atoms with van der Waals surface area (Å²) in [6.45, 7) is 3.86. The summed E-state index contributed by atoms with van der Waals surface area (Å²) in [6.07, 6.45) is 0. The first kappa shape index (κ1) is 12.0. The fourth-order valence-electron chi connectivity index (χ4n) is 1.03. The van der Waals surface area contributed by atoms with Crippen LogP contribution in [0.4, 0.5) is 0 Å². The maximum atomic E-state index is 11.7. The minimum absolute atomic E-state index is 0.139. The Kier molecular flexibility index (Phi) is 3.74. The summed E-state index contributed by atoms with van der Waals surface area (Å²) in [6, 6.07) is 6.18. The number of phenolic OH excluding ortho intramolecular Hbond substituents is 1. The lowest BCUT2D eigenvalue weighted by Crippen LogP contribution is -2.44. The molecule has 4 heteroatoms. The van der Waals surface area contributed by atoms with Gasteiger partial charge in [0.05, 0.1) is 0 Å². The van der Waals surface area contributed by atoms with Crippen molar-refractivity contribution in [1.29, 1.82) is 0 Å². The molecule has 1 amide bonds. The number of phenols is 1. The van der Waals surface area contributed by atoms with E-state index in [2.05, 4.69) is 21.2 Å². The molecule has 0 spiro atoms. The molecule has 0 radical (unpaired) electrons. The minimum atomic E-state index is -0.283. The Morgan fingerprint density at radius 3 is 2.40 bits per heavy atom. The average molecular weight is 272 g/mol. The lowest BCUT2D eigenvalue weighted by molar-refractivity contribution is 0.0921. The summed E-state index contributed by atoms with van der Waals surface area (Å²) < 4.78 is 0. The van der Waals surface area contributed by atoms with Crippen molar-refractivity contribution in [3.63, 3.8) is 0 Å². The van der Waals surface area contributed by atoms with Crippen molar-refractivity contribution >= 4 is 21.8 Å². The van der Waals surface area contributed by atoms with E-state index in [4.69, 9.17) is 5.11 Å². The summed E-state index contributed by atoms with van der Waals surface area (Å²) >= 11 is 3.33. The third-order valence-electron chi connectivity index (χ3n) is 1.92. The molecule has 1 aromatic rings. The topological polar surface area (TPSA) is 49.3 Å². The smallest absolute Gasteiger partial charge is 0.251 e. The number of aromatic hydroxyl groups is 1. The van der Waals surface area contributed by atoms with Gasteiger partial charge in [-0.25, -0.2) is 0 Å². The van der Waals surface area contributed by atoms with Crippen molar-refractivity contribution in [2.75, 3.05) is 5.33 Å². The SMILES string of the molecule is CC(C)(CBr)NC(=O)c1ccc(O)cc1. The van der Waals surface area contributed by atoms with Crippen LogP contribution in [0.5, 0.6) is 5.75 Å². The molecule has 1 aromatic carbocycles. The van der Waals surface area contributed by atoms with Crippen LogP contribution in [0.15, 0.2) is 24.3 Å². The molecule has 0 fully saturated rings. The monoisotopic (exact) mass is 271 g/mol. The number of halogens is 1. The van der Waals surface area contributed by atoms with Crippen molar-refractivity contribution in [3.05, 3.63) is 29.8 Å². The molecule has 15 heavy (non-hydrogen) atoms. The summed E-state index contributed by atoms with van der Waals surface area (Å²) in [5, 5.41) is 12.6. The molecule has 0 aliphatic rings. The van der Waals surface area contributed by atoms with Crippen molar-refractivity contribution in [2.45, 2.75) is 19.4 Å². The van der Waals surface area contributed by atoms with Crippen LogP contribution in [0.3, 0.4) is 0 Å². The van der Waals surface area contributed by atoms with Crippen LogP contribution >= 0.6 is 15.9 Å². The molecule has 0 aliphatic carbocycles. The van der Waals surface area contributed by atoms with Gasteiger partial charge in [-0.15, -0.1) is 0 Å². The molecule has 2 N–H and O–H groups in total. The van der Waals surface area contributed by atoms with E-state index in [1.165, 1.54) is 12.1 Å². The lowest BCUT2D eigenvalue weighted by atomic mass is 10.1. The van der Waals surface area contributed by atoms with E-state index in [1.807, 2.05) is 13.8 Å². The second kappa shape index (κ2) is 4.66. The van der Waals surface area contributed by atoms with E-state index in [0.29, 0.717) is 10.9 Å². The number of benzene rings is 1. The van der Waals surface area contributed by atoms with Gasteiger partial charge in [0.25, 0.3) is 5.91 Å². The Balaban J connectivity index is 2.74. The first-order valence-electron chi connectivity index (χ1n) is 4.62. The van der Waals surface area contributed by atoms with Crippen LogP contribution in [-0.2, 0) is 0 Å². The zero-order valence-corrected chi connectivity index (χ0v) is 10.3. The molecular formula is C11H14BrNO2. The highest BCUT2D eigenvalue weighted by Gasteiger charge is 2.19. The zero-order chi connectivity index (χ0) is 11.5. The van der Waals surface area contributed by atoms with Crippen molar-refractivity contribution in [3.8, 4) is 5.75 Å². The van der Waals surface area contributed by atoms with Gasteiger partial charge in [-0.1, -0.05) is 15.9 Å². The number of carbonyl (C=O) groups is 1. The Morgan fingerprint density at radius 1 is 1.40 bits per heavy atom. The number of carbonyl (C=O) groups excluding carboxylic acids is 1. The molecule has 0 saturated heterocycles. The highest BCUT2D eigenvalue weighted by molar-refractivity contribution is 9.09. The Bertz CT molecular complexity index is 346. The Hall–Kier alpha value is -1.03. The van der Waals surface area contributed by atoms with Gasteiger partial charge in [-0.3, -0.25) is 4.79 Å². The van der Waals surface area contributed by atoms with E-state index < -0.39 is 0 Å². The van der Waals surface area contributed by atoms with Crippen LogP contribution in [0.1, 0.15) is 24.2 Å². The lowest BCUT2D eigenvalue weighted by Gasteiger charge is -2.23. The van der Waals surface area contributed by atoms with E-state index in [0.717, 1.165) is 0 Å². The van der Waals surface area contributed by atoms with Gasteiger partial charge in [-0.05, 0) is 38.1 Å². The van der Waals surface area contributed by atoms with Gasteiger partial charge in [0, 0.05) is 16.4 Å². The molecule has 0 heterocycles. The molecular weight excluding hydrogens is 258 g/mol. The highest BCUT2D eigenvalue weighted by atomic mass is 79.9. The number of nitrogens with one attached hydrogen (secondary N) is 1. The highest BCUT2D eigenvalue weighted by Crippen LogP contribution is 2.12. The standard InChI is InChI=1S/C11H14BrNO2/c1-11(2,7-12)13-10(15)8-3-5-9(14)6-4-8/h3-6,14H,7H2,1-2H3,(H,13,15). The zero-order valence-electron chi connectivity index (χ0n) is 8.75. The van der Waals surface area contributed by atoms with Crippen LogP contribution < -0.4 is 5.32 Å². The number of amides is 1. The van der Waals surface area contributed by atoms with Gasteiger partial charge >= 0.3 is 0 Å². The maximum absolute atomic E-state index is 11.7. The third kappa shape index (κ3) is 3.55. The predicted octanol–water partition coefficient (Wildman–Crippen LogP) is 2.30. The van der Waals surface area contributed by atoms with Crippen molar-refractivity contribution in [1.82, 2.24) is 5.32 Å². The molecule has 3 nitrogen and oxygen atoms in total. The number of alkyl halides is 1. The second-order valence-electron chi connectivity index (χ2n) is 4.02. The molecule has 0 unspecified atom stereocenters. The van der Waals surface area contributed by atoms with Crippen LogP contribution in [0, 0.1) is 0 Å². The summed E-state index contributed by atoms with van der Waals surface area (Å²) in [5.41, 5.74) is 0.261. The predicted molar refractivity (Wildman–Crippen MR) is 63.4 cm³/mol. The normalized spacial score (nSPS) is 11.1. The quantitative estimate of drug-likeness (QED) is 0.829. The van der Waals surface area contributed by atoms with Crippen LogP contribution in [0.25, 0.3) is 0 Å². The first-order valence-corrected chi connectivity index (χ1v) is 5.74. The minimum Gasteiger partial charge on any atom is -0.508 e. The molecule has 0 atom stereocenters. The summed E-state index contributed by atoms with van der Waals surface area (Å²) in [7, 11) is 0. The van der Waals surface area contributed by atoms with Gasteiger partial charge < -0.3 is 10.4 Å². The van der Waals surface area contributed by atoms with E-state index in [1.54, 1.807) is 12.1 Å². The third-order valence-corrected chi connectivity index (χ3v) is 3.32. The summed E-state index contributed by atoms with van der Waals surface area (Å²) in [5.74, 6) is 0.0192. The molecule has 0 saturated carbocycles. The fraction of sp³-hybridized carbons (Fsp3) is 0.364. The maximum Gasteiger partial charge on any atom is 0.251 e. The Labute approximate surface area is 97.6 Å². The van der Waals surface area contributed by atoms with E-state index in [9.17, 15) is 4.79 Å². The van der Waals surface area contributed by atoms with Crippen LogP contribution in [0.2, 0.25) is 0 Å². The number of hydrogen-bond donors (Lipinski definition) is 2. The van der Waals surface area contributed by atoms with Gasteiger partial charge in [-0.2, -0.15) is 0 Å². The first-order chi connectivity index (χ1) is 6.94. The van der Waals surface area contributed by atoms with Gasteiger partial charge in [0.15, 0.2) is 0 Å². The van der Waals surface area contributed by atoms with E-state index in [-0.39, 0.29) is 17.2 Å². The van der Waals surface area contributed by atoms with E-state index >= 15 is 0 Å². The summed E-state index contributed by atoms with van der Waals surface area (Å²) in [4.78, 5) is 11.7. The molecule has 0 aliphatic heterocycles. The van der Waals surface area contributed by atoms with Crippen molar-refractivity contribution in [2.24, 2.45) is 0 Å². The number of hydrogen-bond acceptors (Lipinski definition) is 2. The van der Waals surface area contributed by atoms with Crippen molar-refractivity contribution < 1.29 is 9.90 Å². The van der Waals surface area contributed by atoms with Crippen LogP contribution in [-0.4, -0.2) is 21.9 Å². The van der Waals surface area contributed by atoms with Gasteiger partial charge in [0.2, 0.25) is 0 Å².